The molecule has 3 unspecified atom stereocenters. The molecular weight excluding hydrogens is 300 g/mol. The first kappa shape index (κ1) is 17.4. The molecule has 4 heteroatoms. The molecule has 0 aliphatic heterocycles. The smallest absolute Gasteiger partial charge is 0.234 e. The average molecular weight is 330 g/mol. The lowest BCUT2D eigenvalue weighted by atomic mass is 9.86. The van der Waals surface area contributed by atoms with Crippen LogP contribution in [0.2, 0.25) is 0 Å². The van der Waals surface area contributed by atoms with E-state index in [9.17, 15) is 9.90 Å². The molecule has 3 rings (SSSR count). The topological polar surface area (TPSA) is 52.6 Å². The number of aliphatic hydroxyl groups excluding tert-OH is 1. The second-order valence-corrected chi connectivity index (χ2v) is 7.60. The van der Waals surface area contributed by atoms with E-state index >= 15 is 0 Å². The van der Waals surface area contributed by atoms with Crippen molar-refractivity contribution in [1.29, 1.82) is 0 Å². The van der Waals surface area contributed by atoms with E-state index in [1.54, 1.807) is 0 Å². The van der Waals surface area contributed by atoms with Crippen molar-refractivity contribution in [2.75, 3.05) is 20.1 Å². The molecule has 0 aromatic heterocycles. The number of hydrogen-bond donors (Lipinski definition) is 2. The minimum absolute atomic E-state index is 0.0866. The van der Waals surface area contributed by atoms with E-state index in [-0.39, 0.29) is 18.1 Å². The van der Waals surface area contributed by atoms with Gasteiger partial charge in [-0.25, -0.2) is 0 Å². The lowest BCUT2D eigenvalue weighted by Gasteiger charge is -2.31. The summed E-state index contributed by atoms with van der Waals surface area (Å²) < 4.78 is 0. The Hall–Kier alpha value is -1.39. The predicted molar refractivity (Wildman–Crippen MR) is 95.5 cm³/mol. The van der Waals surface area contributed by atoms with E-state index in [1.807, 2.05) is 25.2 Å². The van der Waals surface area contributed by atoms with Crippen LogP contribution in [0.15, 0.2) is 30.3 Å². The molecule has 2 saturated carbocycles. The van der Waals surface area contributed by atoms with Gasteiger partial charge in [0.15, 0.2) is 0 Å². The Morgan fingerprint density at radius 1 is 1.21 bits per heavy atom. The quantitative estimate of drug-likeness (QED) is 0.808. The summed E-state index contributed by atoms with van der Waals surface area (Å²) in [5, 5.41) is 13.3. The number of carbonyl (C=O) groups is 1. The summed E-state index contributed by atoms with van der Waals surface area (Å²) in [5.41, 5.74) is 1.21. The van der Waals surface area contributed by atoms with Crippen LogP contribution in [-0.2, 0) is 4.79 Å². The van der Waals surface area contributed by atoms with Gasteiger partial charge in [0.1, 0.15) is 0 Å². The van der Waals surface area contributed by atoms with Gasteiger partial charge >= 0.3 is 0 Å². The molecule has 4 nitrogen and oxygen atoms in total. The maximum atomic E-state index is 12.5. The van der Waals surface area contributed by atoms with Crippen molar-refractivity contribution >= 4 is 5.91 Å². The predicted octanol–water partition coefficient (Wildman–Crippen LogP) is 2.74. The fraction of sp³-hybridized carbons (Fsp3) is 0.650. The molecule has 2 fully saturated rings. The van der Waals surface area contributed by atoms with E-state index in [2.05, 4.69) is 22.3 Å². The van der Waals surface area contributed by atoms with Crippen molar-refractivity contribution in [3.05, 3.63) is 35.9 Å². The molecule has 0 bridgehead atoms. The number of benzene rings is 1. The molecule has 0 spiro atoms. The monoisotopic (exact) mass is 330 g/mol. The summed E-state index contributed by atoms with van der Waals surface area (Å²) in [6, 6.07) is 10.4. The van der Waals surface area contributed by atoms with Crippen LogP contribution in [0.5, 0.6) is 0 Å². The number of aliphatic hydroxyl groups is 1. The minimum Gasteiger partial charge on any atom is -0.393 e. The van der Waals surface area contributed by atoms with Crippen LogP contribution in [-0.4, -0.2) is 42.2 Å². The summed E-state index contributed by atoms with van der Waals surface area (Å²) in [6.07, 6.45) is 6.49. The number of carbonyl (C=O) groups excluding carboxylic acids is 1. The second kappa shape index (κ2) is 8.13. The molecule has 0 radical (unpaired) electrons. The molecule has 1 aromatic rings. The molecule has 3 atom stereocenters. The second-order valence-electron chi connectivity index (χ2n) is 7.60. The molecule has 2 aliphatic rings. The highest BCUT2D eigenvalue weighted by Crippen LogP contribution is 2.40. The van der Waals surface area contributed by atoms with Gasteiger partial charge in [-0.1, -0.05) is 43.2 Å². The van der Waals surface area contributed by atoms with Crippen LogP contribution in [0.4, 0.5) is 0 Å². The average Bonchev–Trinajstić information content (AvgIpc) is 3.40. The highest BCUT2D eigenvalue weighted by molar-refractivity contribution is 5.78. The first-order chi connectivity index (χ1) is 11.6. The third-order valence-corrected chi connectivity index (χ3v) is 5.40. The van der Waals surface area contributed by atoms with Crippen LogP contribution in [0, 0.1) is 11.8 Å². The molecule has 2 aliphatic carbocycles. The summed E-state index contributed by atoms with van der Waals surface area (Å²) in [7, 11) is 1.98. The highest BCUT2D eigenvalue weighted by Gasteiger charge is 2.33. The maximum absolute atomic E-state index is 12.5. The fourth-order valence-electron chi connectivity index (χ4n) is 3.89. The molecule has 24 heavy (non-hydrogen) atoms. The SMILES string of the molecule is CN(CC(=O)NC(c1ccccc1)C1CC1)CC1CCCCC1O. The molecular formula is C20H30N2O2. The first-order valence-electron chi connectivity index (χ1n) is 9.34. The number of likely N-dealkylation sites (N-methyl/N-ethyl adjacent to an activating group) is 1. The Morgan fingerprint density at radius 3 is 2.58 bits per heavy atom. The van der Waals surface area contributed by atoms with Crippen LogP contribution in [0.1, 0.15) is 50.1 Å². The van der Waals surface area contributed by atoms with Crippen molar-refractivity contribution < 1.29 is 9.90 Å². The fourth-order valence-corrected chi connectivity index (χ4v) is 3.89. The summed E-state index contributed by atoms with van der Waals surface area (Å²) in [4.78, 5) is 14.5. The normalized spacial score (nSPS) is 25.5. The Kier molecular flexibility index (Phi) is 5.90. The number of nitrogens with one attached hydrogen (secondary N) is 1. The van der Waals surface area contributed by atoms with Crippen LogP contribution in [0.3, 0.4) is 0 Å². The van der Waals surface area contributed by atoms with Gasteiger partial charge in [0.2, 0.25) is 5.91 Å². The number of rotatable bonds is 7. The zero-order valence-electron chi connectivity index (χ0n) is 14.7. The standard InChI is InChI=1S/C20H30N2O2/c1-22(13-17-9-5-6-10-18(17)23)14-19(24)21-20(16-11-12-16)15-7-3-2-4-8-15/h2-4,7-8,16-18,20,23H,5-6,9-14H2,1H3,(H,21,24). The van der Waals surface area contributed by atoms with E-state index in [0.717, 1.165) is 25.8 Å². The van der Waals surface area contributed by atoms with Gasteiger partial charge in [0.05, 0.1) is 18.7 Å². The molecule has 1 aromatic carbocycles. The van der Waals surface area contributed by atoms with E-state index in [1.165, 1.54) is 24.8 Å². The van der Waals surface area contributed by atoms with Gasteiger partial charge in [-0.3, -0.25) is 9.69 Å². The Balaban J connectivity index is 1.50. The summed E-state index contributed by atoms with van der Waals surface area (Å²) in [5.74, 6) is 0.982. The number of hydrogen-bond acceptors (Lipinski definition) is 3. The van der Waals surface area contributed by atoms with E-state index in [4.69, 9.17) is 0 Å². The Morgan fingerprint density at radius 2 is 1.92 bits per heavy atom. The molecule has 0 saturated heterocycles. The zero-order valence-corrected chi connectivity index (χ0v) is 14.7. The molecule has 2 N–H and O–H groups in total. The van der Waals surface area contributed by atoms with Crippen LogP contribution >= 0.6 is 0 Å². The highest BCUT2D eigenvalue weighted by atomic mass is 16.3. The van der Waals surface area contributed by atoms with Crippen molar-refractivity contribution in [1.82, 2.24) is 10.2 Å². The van der Waals surface area contributed by atoms with E-state index < -0.39 is 0 Å². The van der Waals surface area contributed by atoms with Crippen molar-refractivity contribution in [3.63, 3.8) is 0 Å². The summed E-state index contributed by atoms with van der Waals surface area (Å²) in [6.45, 7) is 1.20. The van der Waals surface area contributed by atoms with Gasteiger partial charge in [0, 0.05) is 6.54 Å². The lowest BCUT2D eigenvalue weighted by molar-refractivity contribution is -0.123. The number of amides is 1. The van der Waals surface area contributed by atoms with Gasteiger partial charge in [0.25, 0.3) is 0 Å². The lowest BCUT2D eigenvalue weighted by Crippen LogP contribution is -2.41. The largest absolute Gasteiger partial charge is 0.393 e. The van der Waals surface area contributed by atoms with Gasteiger partial charge in [-0.05, 0) is 50.1 Å². The Labute approximate surface area is 145 Å². The van der Waals surface area contributed by atoms with E-state index in [0.29, 0.717) is 18.4 Å². The van der Waals surface area contributed by atoms with Gasteiger partial charge in [-0.15, -0.1) is 0 Å². The minimum atomic E-state index is -0.201. The molecule has 1 amide bonds. The molecule has 0 heterocycles. The van der Waals surface area contributed by atoms with Crippen molar-refractivity contribution in [2.24, 2.45) is 11.8 Å². The molecule has 132 valence electrons. The van der Waals surface area contributed by atoms with Crippen molar-refractivity contribution in [3.8, 4) is 0 Å². The zero-order chi connectivity index (χ0) is 16.9. The first-order valence-corrected chi connectivity index (χ1v) is 9.34. The number of nitrogens with zero attached hydrogens (tertiary/aromatic N) is 1. The third kappa shape index (κ3) is 4.81. The Bertz CT molecular complexity index is 530. The van der Waals surface area contributed by atoms with Gasteiger partial charge < -0.3 is 10.4 Å². The van der Waals surface area contributed by atoms with Crippen molar-refractivity contribution in [2.45, 2.75) is 50.7 Å². The maximum Gasteiger partial charge on any atom is 0.234 e. The van der Waals surface area contributed by atoms with Crippen LogP contribution < -0.4 is 5.32 Å². The summed E-state index contributed by atoms with van der Waals surface area (Å²) >= 11 is 0. The third-order valence-electron chi connectivity index (χ3n) is 5.40. The van der Waals surface area contributed by atoms with Crippen LogP contribution in [0.25, 0.3) is 0 Å². The van der Waals surface area contributed by atoms with Gasteiger partial charge in [-0.2, -0.15) is 0 Å².